The third-order valence-corrected chi connectivity index (χ3v) is 2.79. The Morgan fingerprint density at radius 3 is 2.88 bits per heavy atom. The first-order chi connectivity index (χ1) is 8.07. The van der Waals surface area contributed by atoms with Crippen molar-refractivity contribution in [3.05, 3.63) is 27.0 Å². The molecule has 0 radical (unpaired) electrons. The van der Waals surface area contributed by atoms with E-state index in [0.29, 0.717) is 29.9 Å². The standard InChI is InChI=1S/C10H14BrN3O3/c1-3-17-5-4-13(2)10-8(11)6-12-7-9(10)14(15)16/h6-7H,3-5H2,1-2H3. The van der Waals surface area contributed by atoms with Crippen molar-refractivity contribution in [3.63, 3.8) is 0 Å². The number of ether oxygens (including phenoxy) is 1. The summed E-state index contributed by atoms with van der Waals surface area (Å²) in [5.41, 5.74) is 0.503. The lowest BCUT2D eigenvalue weighted by Gasteiger charge is -2.19. The molecule has 0 aromatic carbocycles. The summed E-state index contributed by atoms with van der Waals surface area (Å²) >= 11 is 3.28. The van der Waals surface area contributed by atoms with Crippen molar-refractivity contribution in [2.24, 2.45) is 0 Å². The van der Waals surface area contributed by atoms with Crippen LogP contribution in [0, 0.1) is 10.1 Å². The van der Waals surface area contributed by atoms with Crippen molar-refractivity contribution in [2.75, 3.05) is 31.7 Å². The summed E-state index contributed by atoms with van der Waals surface area (Å²) in [6.07, 6.45) is 2.79. The molecule has 0 unspecified atom stereocenters. The lowest BCUT2D eigenvalue weighted by atomic mass is 10.3. The van der Waals surface area contributed by atoms with Crippen LogP contribution in [0.25, 0.3) is 0 Å². The van der Waals surface area contributed by atoms with E-state index in [9.17, 15) is 10.1 Å². The molecule has 94 valence electrons. The van der Waals surface area contributed by atoms with Gasteiger partial charge in [0.25, 0.3) is 0 Å². The number of nitro groups is 1. The lowest BCUT2D eigenvalue weighted by Crippen LogP contribution is -2.24. The van der Waals surface area contributed by atoms with E-state index in [4.69, 9.17) is 4.74 Å². The fourth-order valence-corrected chi connectivity index (χ4v) is 2.01. The highest BCUT2D eigenvalue weighted by Gasteiger charge is 2.20. The van der Waals surface area contributed by atoms with Crippen molar-refractivity contribution in [3.8, 4) is 0 Å². The Kier molecular flexibility index (Phi) is 5.30. The maximum atomic E-state index is 10.9. The molecule has 0 saturated heterocycles. The molecule has 0 fully saturated rings. The van der Waals surface area contributed by atoms with Crippen LogP contribution in [-0.4, -0.2) is 36.7 Å². The average molecular weight is 304 g/mol. The van der Waals surface area contributed by atoms with Gasteiger partial charge in [0, 0.05) is 26.4 Å². The largest absolute Gasteiger partial charge is 0.380 e. The molecule has 6 nitrogen and oxygen atoms in total. The number of halogens is 1. The zero-order valence-corrected chi connectivity index (χ0v) is 11.3. The summed E-state index contributed by atoms with van der Waals surface area (Å²) in [7, 11) is 1.78. The van der Waals surface area contributed by atoms with Gasteiger partial charge >= 0.3 is 5.69 Å². The van der Waals surface area contributed by atoms with Gasteiger partial charge < -0.3 is 9.64 Å². The van der Waals surface area contributed by atoms with Crippen molar-refractivity contribution in [1.29, 1.82) is 0 Å². The molecule has 0 aliphatic carbocycles. The molecule has 0 aliphatic heterocycles. The third-order valence-electron chi connectivity index (χ3n) is 2.21. The highest BCUT2D eigenvalue weighted by atomic mass is 79.9. The van der Waals surface area contributed by atoms with E-state index in [1.165, 1.54) is 6.20 Å². The smallest absolute Gasteiger partial charge is 0.311 e. The molecule has 0 aliphatic rings. The van der Waals surface area contributed by atoms with Gasteiger partial charge in [-0.25, -0.2) is 0 Å². The molecule has 1 aromatic heterocycles. The van der Waals surface area contributed by atoms with Crippen molar-refractivity contribution in [2.45, 2.75) is 6.92 Å². The van der Waals surface area contributed by atoms with Crippen LogP contribution in [0.2, 0.25) is 0 Å². The first-order valence-electron chi connectivity index (χ1n) is 5.14. The van der Waals surface area contributed by atoms with Crippen molar-refractivity contribution < 1.29 is 9.66 Å². The molecular formula is C10H14BrN3O3. The number of hydrogen-bond acceptors (Lipinski definition) is 5. The van der Waals surface area contributed by atoms with Gasteiger partial charge in [-0.1, -0.05) is 0 Å². The Balaban J connectivity index is 2.90. The minimum Gasteiger partial charge on any atom is -0.380 e. The van der Waals surface area contributed by atoms with Gasteiger partial charge in [0.05, 0.1) is 16.0 Å². The lowest BCUT2D eigenvalue weighted by molar-refractivity contribution is -0.384. The first kappa shape index (κ1) is 13.9. The van der Waals surface area contributed by atoms with Crippen LogP contribution in [-0.2, 0) is 4.74 Å². The van der Waals surface area contributed by atoms with E-state index in [2.05, 4.69) is 20.9 Å². The minimum atomic E-state index is -0.440. The van der Waals surface area contributed by atoms with Gasteiger partial charge in [-0.3, -0.25) is 15.1 Å². The molecule has 0 amide bonds. The topological polar surface area (TPSA) is 68.5 Å². The van der Waals surface area contributed by atoms with E-state index in [1.807, 2.05) is 6.92 Å². The van der Waals surface area contributed by atoms with Crippen LogP contribution >= 0.6 is 15.9 Å². The van der Waals surface area contributed by atoms with Crippen LogP contribution in [0.5, 0.6) is 0 Å². The Bertz CT molecular complexity index is 400. The molecule has 17 heavy (non-hydrogen) atoms. The molecule has 1 aromatic rings. The number of hydrogen-bond donors (Lipinski definition) is 0. The summed E-state index contributed by atoms with van der Waals surface area (Å²) in [5, 5.41) is 10.9. The monoisotopic (exact) mass is 303 g/mol. The predicted octanol–water partition coefficient (Wildman–Crippen LogP) is 2.22. The first-order valence-corrected chi connectivity index (χ1v) is 5.94. The Labute approximate surface area is 108 Å². The van der Waals surface area contributed by atoms with E-state index in [-0.39, 0.29) is 5.69 Å². The minimum absolute atomic E-state index is 0.0154. The molecule has 1 heterocycles. The second-order valence-electron chi connectivity index (χ2n) is 3.36. The highest BCUT2D eigenvalue weighted by Crippen LogP contribution is 2.33. The molecular weight excluding hydrogens is 290 g/mol. The zero-order valence-electron chi connectivity index (χ0n) is 9.72. The summed E-state index contributed by atoms with van der Waals surface area (Å²) < 4.78 is 5.83. The van der Waals surface area contributed by atoms with Gasteiger partial charge in [-0.2, -0.15) is 0 Å². The Hall–Kier alpha value is -1.21. The molecule has 0 saturated carbocycles. The molecule has 1 rings (SSSR count). The van der Waals surface area contributed by atoms with Gasteiger partial charge in [0.15, 0.2) is 0 Å². The predicted molar refractivity (Wildman–Crippen MR) is 68.4 cm³/mol. The van der Waals surface area contributed by atoms with Gasteiger partial charge in [0.1, 0.15) is 11.9 Å². The summed E-state index contributed by atoms with van der Waals surface area (Å²) in [5.74, 6) is 0. The van der Waals surface area contributed by atoms with Crippen LogP contribution < -0.4 is 4.90 Å². The van der Waals surface area contributed by atoms with E-state index in [1.54, 1.807) is 18.1 Å². The number of aromatic nitrogens is 1. The van der Waals surface area contributed by atoms with Gasteiger partial charge in [-0.05, 0) is 22.9 Å². The molecule has 0 spiro atoms. The second-order valence-corrected chi connectivity index (χ2v) is 4.22. The van der Waals surface area contributed by atoms with E-state index in [0.717, 1.165) is 0 Å². The third kappa shape index (κ3) is 3.64. The number of anilines is 1. The van der Waals surface area contributed by atoms with Crippen LogP contribution in [0.15, 0.2) is 16.9 Å². The molecule has 0 atom stereocenters. The zero-order chi connectivity index (χ0) is 12.8. The Morgan fingerprint density at radius 2 is 2.29 bits per heavy atom. The normalized spacial score (nSPS) is 10.3. The maximum absolute atomic E-state index is 10.9. The summed E-state index contributed by atoms with van der Waals surface area (Å²) in [6.45, 7) is 3.65. The molecule has 7 heteroatoms. The number of nitrogens with zero attached hydrogens (tertiary/aromatic N) is 3. The average Bonchev–Trinajstić information content (AvgIpc) is 2.28. The van der Waals surface area contributed by atoms with E-state index < -0.39 is 4.92 Å². The van der Waals surface area contributed by atoms with Crippen molar-refractivity contribution in [1.82, 2.24) is 4.98 Å². The highest BCUT2D eigenvalue weighted by molar-refractivity contribution is 9.10. The summed E-state index contributed by atoms with van der Waals surface area (Å²) in [6, 6.07) is 0. The molecule has 0 bridgehead atoms. The number of rotatable bonds is 6. The number of likely N-dealkylation sites (N-methyl/N-ethyl adjacent to an activating group) is 1. The summed E-state index contributed by atoms with van der Waals surface area (Å²) in [4.78, 5) is 16.0. The van der Waals surface area contributed by atoms with Gasteiger partial charge in [-0.15, -0.1) is 0 Å². The number of pyridine rings is 1. The quantitative estimate of drug-likeness (QED) is 0.458. The fraction of sp³-hybridized carbons (Fsp3) is 0.500. The SMILES string of the molecule is CCOCCN(C)c1c(Br)cncc1[N+](=O)[O-]. The van der Waals surface area contributed by atoms with Crippen molar-refractivity contribution >= 4 is 27.3 Å². The Morgan fingerprint density at radius 1 is 1.59 bits per heavy atom. The van der Waals surface area contributed by atoms with Crippen LogP contribution in [0.1, 0.15) is 6.92 Å². The van der Waals surface area contributed by atoms with Crippen LogP contribution in [0.3, 0.4) is 0 Å². The molecule has 0 N–H and O–H groups in total. The maximum Gasteiger partial charge on any atom is 0.311 e. The fourth-order valence-electron chi connectivity index (χ4n) is 1.39. The van der Waals surface area contributed by atoms with E-state index >= 15 is 0 Å². The second kappa shape index (κ2) is 6.51. The van der Waals surface area contributed by atoms with Gasteiger partial charge in [0.2, 0.25) is 0 Å². The van der Waals surface area contributed by atoms with Crippen LogP contribution in [0.4, 0.5) is 11.4 Å².